The number of hydrogen-bond acceptors (Lipinski definition) is 4. The van der Waals surface area contributed by atoms with Gasteiger partial charge in [0.05, 0.1) is 16.6 Å². The van der Waals surface area contributed by atoms with E-state index < -0.39 is 0 Å². The molecule has 6 nitrogen and oxygen atoms in total. The van der Waals surface area contributed by atoms with Gasteiger partial charge in [0.2, 0.25) is 5.91 Å². The van der Waals surface area contributed by atoms with Gasteiger partial charge in [-0.2, -0.15) is 5.10 Å². The van der Waals surface area contributed by atoms with Crippen LogP contribution in [0.5, 0.6) is 0 Å². The van der Waals surface area contributed by atoms with Crippen LogP contribution in [-0.4, -0.2) is 28.1 Å². The van der Waals surface area contributed by atoms with Crippen molar-refractivity contribution in [1.29, 1.82) is 0 Å². The van der Waals surface area contributed by atoms with Crippen molar-refractivity contribution >= 4 is 44.7 Å². The average Bonchev–Trinajstić information content (AvgIpc) is 3.49. The number of aryl methyl sites for hydroxylation is 1. The van der Waals surface area contributed by atoms with E-state index in [1.54, 1.807) is 0 Å². The van der Waals surface area contributed by atoms with Crippen LogP contribution < -0.4 is 10.2 Å². The Morgan fingerprint density at radius 2 is 2.00 bits per heavy atom. The number of amides is 2. The molecule has 2 aromatic heterocycles. The number of nitrogens with zero attached hydrogens (tertiary/aromatic N) is 3. The highest BCUT2D eigenvalue weighted by Crippen LogP contribution is 2.36. The van der Waals surface area contributed by atoms with E-state index in [4.69, 9.17) is 5.10 Å². The number of fused-ring (bicyclic) bond motifs is 2. The molecule has 3 aromatic rings. The van der Waals surface area contributed by atoms with E-state index in [2.05, 4.69) is 10.00 Å². The van der Waals surface area contributed by atoms with Crippen molar-refractivity contribution < 1.29 is 9.59 Å². The van der Waals surface area contributed by atoms with Crippen molar-refractivity contribution in [2.24, 2.45) is 0 Å². The van der Waals surface area contributed by atoms with Gasteiger partial charge in [-0.05, 0) is 62.4 Å². The van der Waals surface area contributed by atoms with Crippen molar-refractivity contribution in [3.63, 3.8) is 0 Å². The van der Waals surface area contributed by atoms with Gasteiger partial charge in [-0.25, -0.2) is 0 Å². The van der Waals surface area contributed by atoms with Crippen LogP contribution in [0, 0.1) is 6.92 Å². The highest BCUT2D eigenvalue weighted by molar-refractivity contribution is 7.20. The molecule has 0 bridgehead atoms. The van der Waals surface area contributed by atoms with E-state index in [9.17, 15) is 9.59 Å². The molecular formula is C25H30N4O2S. The predicted octanol–water partition coefficient (Wildman–Crippen LogP) is 5.85. The van der Waals surface area contributed by atoms with Crippen molar-refractivity contribution in [3.8, 4) is 0 Å². The number of nitrogens with one attached hydrogen (secondary N) is 1. The molecule has 168 valence electrons. The fourth-order valence-corrected chi connectivity index (χ4v) is 6.17. The number of hydrogen-bond donors (Lipinski definition) is 1. The second-order valence-electron chi connectivity index (χ2n) is 8.99. The molecule has 1 N–H and O–H groups in total. The van der Waals surface area contributed by atoms with Gasteiger partial charge in [0, 0.05) is 29.7 Å². The van der Waals surface area contributed by atoms with Crippen LogP contribution in [-0.2, 0) is 11.2 Å². The summed E-state index contributed by atoms with van der Waals surface area (Å²) < 4.78 is 2.17. The summed E-state index contributed by atoms with van der Waals surface area (Å²) in [6.45, 7) is 4.77. The highest BCUT2D eigenvalue weighted by Gasteiger charge is 2.25. The standard InChI is InChI=1S/C25H30N4O2S/c1-3-7-23(30)28-13-12-17-14-18(10-11-21(17)28)26-24(31)22-15-20-16(2)27-29(25(20)32-22)19-8-5-4-6-9-19/h10-11,14-15,19H,3-9,12-13H2,1-2H3,(H,26,31). The lowest BCUT2D eigenvalue weighted by atomic mass is 9.96. The van der Waals surface area contributed by atoms with Gasteiger partial charge in [-0.15, -0.1) is 11.3 Å². The molecule has 3 heterocycles. The minimum absolute atomic E-state index is 0.0855. The minimum atomic E-state index is -0.0855. The van der Waals surface area contributed by atoms with Gasteiger partial charge in [0.1, 0.15) is 4.83 Å². The Morgan fingerprint density at radius 1 is 1.19 bits per heavy atom. The number of carbonyl (C=O) groups excluding carboxylic acids is 2. The van der Waals surface area contributed by atoms with Crippen LogP contribution in [0.1, 0.15) is 78.8 Å². The first-order valence-corrected chi connectivity index (χ1v) is 12.6. The second-order valence-corrected chi connectivity index (χ2v) is 10.0. The summed E-state index contributed by atoms with van der Waals surface area (Å²) in [7, 11) is 0. The Morgan fingerprint density at radius 3 is 2.78 bits per heavy atom. The number of carbonyl (C=O) groups is 2. The Balaban J connectivity index is 1.35. The number of rotatable bonds is 5. The summed E-state index contributed by atoms with van der Waals surface area (Å²) in [5, 5.41) is 8.95. The molecule has 5 rings (SSSR count). The third-order valence-electron chi connectivity index (χ3n) is 6.71. The van der Waals surface area contributed by atoms with Crippen LogP contribution >= 0.6 is 11.3 Å². The van der Waals surface area contributed by atoms with E-state index in [1.807, 2.05) is 43.0 Å². The maximum absolute atomic E-state index is 13.0. The lowest BCUT2D eigenvalue weighted by Gasteiger charge is -2.22. The van der Waals surface area contributed by atoms with Gasteiger partial charge in [-0.3, -0.25) is 14.3 Å². The van der Waals surface area contributed by atoms with E-state index in [1.165, 1.54) is 43.4 Å². The lowest BCUT2D eigenvalue weighted by Crippen LogP contribution is -2.28. The van der Waals surface area contributed by atoms with E-state index in [-0.39, 0.29) is 11.8 Å². The zero-order valence-electron chi connectivity index (χ0n) is 18.8. The minimum Gasteiger partial charge on any atom is -0.321 e. The first kappa shape index (κ1) is 21.2. The van der Waals surface area contributed by atoms with Crippen molar-refractivity contribution in [2.45, 2.75) is 71.3 Å². The molecule has 0 saturated heterocycles. The monoisotopic (exact) mass is 450 g/mol. The Labute approximate surface area is 192 Å². The SMILES string of the molecule is CCCC(=O)N1CCc2cc(NC(=O)c3cc4c(C)nn(C5CCCCC5)c4s3)ccc21. The normalized spacial score (nSPS) is 16.5. The van der Waals surface area contributed by atoms with Gasteiger partial charge < -0.3 is 10.2 Å². The molecule has 0 atom stereocenters. The molecule has 1 saturated carbocycles. The van der Waals surface area contributed by atoms with Crippen LogP contribution in [0.25, 0.3) is 10.2 Å². The first-order chi connectivity index (χ1) is 15.5. The molecule has 1 fully saturated rings. The fourth-order valence-electron chi connectivity index (χ4n) is 5.04. The van der Waals surface area contributed by atoms with Crippen LogP contribution in [0.4, 0.5) is 11.4 Å². The lowest BCUT2D eigenvalue weighted by molar-refractivity contribution is -0.118. The van der Waals surface area contributed by atoms with E-state index in [0.717, 1.165) is 52.2 Å². The summed E-state index contributed by atoms with van der Waals surface area (Å²) in [6.07, 6.45) is 8.41. The zero-order valence-corrected chi connectivity index (χ0v) is 19.6. The largest absolute Gasteiger partial charge is 0.321 e. The van der Waals surface area contributed by atoms with Gasteiger partial charge >= 0.3 is 0 Å². The Bertz CT molecular complexity index is 1170. The summed E-state index contributed by atoms with van der Waals surface area (Å²) in [6, 6.07) is 8.30. The smallest absolute Gasteiger partial charge is 0.265 e. The van der Waals surface area contributed by atoms with E-state index >= 15 is 0 Å². The molecule has 32 heavy (non-hydrogen) atoms. The summed E-state index contributed by atoms with van der Waals surface area (Å²) in [4.78, 5) is 29.1. The molecule has 1 aromatic carbocycles. The molecule has 2 amide bonds. The second kappa shape index (κ2) is 8.70. The molecule has 0 spiro atoms. The molecule has 7 heteroatoms. The molecular weight excluding hydrogens is 420 g/mol. The topological polar surface area (TPSA) is 67.2 Å². The van der Waals surface area contributed by atoms with Crippen molar-refractivity contribution in [1.82, 2.24) is 9.78 Å². The number of thiophene rings is 1. The Hall–Kier alpha value is -2.67. The molecule has 0 unspecified atom stereocenters. The quantitative estimate of drug-likeness (QED) is 0.530. The summed E-state index contributed by atoms with van der Waals surface area (Å²) in [5.74, 6) is 0.0911. The number of benzene rings is 1. The maximum atomic E-state index is 13.0. The van der Waals surface area contributed by atoms with E-state index in [0.29, 0.717) is 17.3 Å². The third kappa shape index (κ3) is 3.83. The summed E-state index contributed by atoms with van der Waals surface area (Å²) in [5.41, 5.74) is 3.87. The van der Waals surface area contributed by atoms with Crippen molar-refractivity contribution in [2.75, 3.05) is 16.8 Å². The summed E-state index contributed by atoms with van der Waals surface area (Å²) >= 11 is 1.54. The maximum Gasteiger partial charge on any atom is 0.265 e. The van der Waals surface area contributed by atoms with Gasteiger partial charge in [0.25, 0.3) is 5.91 Å². The molecule has 2 aliphatic rings. The third-order valence-corrected chi connectivity index (χ3v) is 7.83. The zero-order chi connectivity index (χ0) is 22.2. The number of anilines is 2. The fraction of sp³-hybridized carbons (Fsp3) is 0.480. The number of aromatic nitrogens is 2. The van der Waals surface area contributed by atoms with Crippen LogP contribution in [0.15, 0.2) is 24.3 Å². The van der Waals surface area contributed by atoms with Crippen LogP contribution in [0.3, 0.4) is 0 Å². The Kier molecular flexibility index (Phi) is 5.76. The van der Waals surface area contributed by atoms with Crippen LogP contribution in [0.2, 0.25) is 0 Å². The molecule has 1 aliphatic heterocycles. The molecule has 1 aliphatic carbocycles. The first-order valence-electron chi connectivity index (χ1n) is 11.8. The average molecular weight is 451 g/mol. The molecule has 0 radical (unpaired) electrons. The van der Waals surface area contributed by atoms with Gasteiger partial charge in [-0.1, -0.05) is 26.2 Å². The van der Waals surface area contributed by atoms with Gasteiger partial charge in [0.15, 0.2) is 0 Å². The van der Waals surface area contributed by atoms with Crippen molar-refractivity contribution in [3.05, 3.63) is 40.4 Å². The predicted molar refractivity (Wildman–Crippen MR) is 130 cm³/mol. The highest BCUT2D eigenvalue weighted by atomic mass is 32.1.